The van der Waals surface area contributed by atoms with E-state index in [1.54, 1.807) is 6.20 Å². The Bertz CT molecular complexity index is 412. The van der Waals surface area contributed by atoms with Crippen LogP contribution in [-0.4, -0.2) is 4.98 Å². The molecule has 0 N–H and O–H groups in total. The van der Waals surface area contributed by atoms with Gasteiger partial charge in [-0.15, -0.1) is 0 Å². The minimum absolute atomic E-state index is 0.693. The van der Waals surface area contributed by atoms with Crippen molar-refractivity contribution < 1.29 is 0 Å². The lowest BCUT2D eigenvalue weighted by atomic mass is 10.1. The molecule has 0 saturated carbocycles. The fourth-order valence-electron chi connectivity index (χ4n) is 1.38. The topological polar surface area (TPSA) is 12.9 Å². The molecular weight excluding hydrogens is 194 g/mol. The Kier molecular flexibility index (Phi) is 2.80. The lowest BCUT2D eigenvalue weighted by Gasteiger charge is -2.00. The molecule has 0 saturated heterocycles. The van der Waals surface area contributed by atoms with Gasteiger partial charge in [0.1, 0.15) is 0 Å². The number of nitrogens with zero attached hydrogens (tertiary/aromatic N) is 1. The number of hydrogen-bond donors (Lipinski definition) is 0. The van der Waals surface area contributed by atoms with Gasteiger partial charge < -0.3 is 0 Å². The third kappa shape index (κ3) is 2.33. The van der Waals surface area contributed by atoms with Crippen LogP contribution in [-0.2, 0) is 6.42 Å². The first-order valence-electron chi connectivity index (χ1n) is 4.48. The van der Waals surface area contributed by atoms with Crippen molar-refractivity contribution in [2.45, 2.75) is 6.42 Å². The van der Waals surface area contributed by atoms with E-state index in [4.69, 9.17) is 11.6 Å². The summed E-state index contributed by atoms with van der Waals surface area (Å²) in [4.78, 5) is 4.05. The van der Waals surface area contributed by atoms with E-state index in [9.17, 15) is 0 Å². The van der Waals surface area contributed by atoms with Crippen LogP contribution in [0.25, 0.3) is 0 Å². The second-order valence-corrected chi connectivity index (χ2v) is 3.61. The van der Waals surface area contributed by atoms with Gasteiger partial charge in [-0.2, -0.15) is 0 Å². The first kappa shape index (κ1) is 9.22. The normalized spacial score (nSPS) is 10.1. The number of rotatable bonds is 2. The minimum Gasteiger partial charge on any atom is -0.263 e. The van der Waals surface area contributed by atoms with Gasteiger partial charge in [-0.25, -0.2) is 0 Å². The molecule has 0 fully saturated rings. The zero-order chi connectivity index (χ0) is 9.80. The summed E-state index contributed by atoms with van der Waals surface area (Å²) in [6.45, 7) is 0. The van der Waals surface area contributed by atoms with E-state index in [2.05, 4.69) is 17.1 Å². The summed E-state index contributed by atoms with van der Waals surface area (Å²) in [5.41, 5.74) is 2.42. The van der Waals surface area contributed by atoms with Gasteiger partial charge in [0.05, 0.1) is 5.02 Å². The number of aromatic nitrogens is 1. The molecule has 0 bridgehead atoms. The van der Waals surface area contributed by atoms with Gasteiger partial charge in [-0.05, 0) is 23.6 Å². The first-order valence-corrected chi connectivity index (χ1v) is 4.86. The summed E-state index contributed by atoms with van der Waals surface area (Å²) in [7, 11) is 0. The van der Waals surface area contributed by atoms with Crippen molar-refractivity contribution in [2.75, 3.05) is 0 Å². The van der Waals surface area contributed by atoms with E-state index < -0.39 is 0 Å². The average molecular weight is 204 g/mol. The van der Waals surface area contributed by atoms with Crippen LogP contribution >= 0.6 is 11.6 Å². The minimum atomic E-state index is 0.693. The maximum absolute atomic E-state index is 5.85. The Labute approximate surface area is 88.4 Å². The quantitative estimate of drug-likeness (QED) is 0.730. The molecular formula is C12H10ClN. The molecule has 0 spiro atoms. The van der Waals surface area contributed by atoms with Gasteiger partial charge >= 0.3 is 0 Å². The predicted octanol–water partition coefficient (Wildman–Crippen LogP) is 3.33. The van der Waals surface area contributed by atoms with Crippen LogP contribution in [0, 0.1) is 0 Å². The summed E-state index contributed by atoms with van der Waals surface area (Å²) >= 11 is 5.85. The summed E-state index contributed by atoms with van der Waals surface area (Å²) in [6, 6.07) is 12.2. The van der Waals surface area contributed by atoms with E-state index in [-0.39, 0.29) is 0 Å². The van der Waals surface area contributed by atoms with Crippen molar-refractivity contribution in [1.29, 1.82) is 0 Å². The van der Waals surface area contributed by atoms with Gasteiger partial charge in [0, 0.05) is 12.4 Å². The molecule has 2 heteroatoms. The zero-order valence-corrected chi connectivity index (χ0v) is 8.41. The highest BCUT2D eigenvalue weighted by Gasteiger charge is 1.96. The number of pyridine rings is 1. The smallest absolute Gasteiger partial charge is 0.0592 e. The van der Waals surface area contributed by atoms with Crippen molar-refractivity contribution in [2.24, 2.45) is 0 Å². The molecule has 1 aromatic carbocycles. The Hall–Kier alpha value is -1.34. The highest BCUT2D eigenvalue weighted by Crippen LogP contribution is 2.12. The van der Waals surface area contributed by atoms with Crippen LogP contribution in [0.5, 0.6) is 0 Å². The third-order valence-corrected chi connectivity index (χ3v) is 2.22. The maximum Gasteiger partial charge on any atom is 0.0592 e. The molecule has 0 unspecified atom stereocenters. The SMILES string of the molecule is Clc1cncc(Cc2ccccc2)c1. The molecule has 1 aromatic heterocycles. The monoisotopic (exact) mass is 203 g/mol. The van der Waals surface area contributed by atoms with Gasteiger partial charge in [-0.3, -0.25) is 4.98 Å². The maximum atomic E-state index is 5.85. The molecule has 0 aliphatic carbocycles. The molecule has 2 aromatic rings. The third-order valence-electron chi connectivity index (χ3n) is 2.01. The molecule has 0 radical (unpaired) electrons. The van der Waals surface area contributed by atoms with Crippen LogP contribution in [0.15, 0.2) is 48.8 Å². The van der Waals surface area contributed by atoms with Crippen LogP contribution in [0.4, 0.5) is 0 Å². The lowest BCUT2D eigenvalue weighted by molar-refractivity contribution is 1.15. The molecule has 0 amide bonds. The summed E-state index contributed by atoms with van der Waals surface area (Å²) in [6.07, 6.45) is 4.38. The Morgan fingerprint density at radius 1 is 1.00 bits per heavy atom. The summed E-state index contributed by atoms with van der Waals surface area (Å²) in [5, 5.41) is 0.693. The average Bonchev–Trinajstić information content (AvgIpc) is 2.19. The van der Waals surface area contributed by atoms with Crippen molar-refractivity contribution in [3.05, 3.63) is 64.9 Å². The van der Waals surface area contributed by atoms with Crippen molar-refractivity contribution in [3.8, 4) is 0 Å². The van der Waals surface area contributed by atoms with Crippen molar-refractivity contribution >= 4 is 11.6 Å². The standard InChI is InChI=1S/C12H10ClN/c13-12-7-11(8-14-9-12)6-10-4-2-1-3-5-10/h1-5,7-9H,6H2. The fraction of sp³-hybridized carbons (Fsp3) is 0.0833. The van der Waals surface area contributed by atoms with E-state index in [1.807, 2.05) is 30.5 Å². The second-order valence-electron chi connectivity index (χ2n) is 3.17. The van der Waals surface area contributed by atoms with Gasteiger partial charge in [0.2, 0.25) is 0 Å². The molecule has 0 aliphatic heterocycles. The number of halogens is 1. The Morgan fingerprint density at radius 3 is 2.50 bits per heavy atom. The molecule has 2 rings (SSSR count). The lowest BCUT2D eigenvalue weighted by Crippen LogP contribution is -1.88. The Balaban J connectivity index is 2.19. The van der Waals surface area contributed by atoms with Crippen LogP contribution in [0.2, 0.25) is 5.02 Å². The molecule has 0 atom stereocenters. The van der Waals surface area contributed by atoms with Crippen molar-refractivity contribution in [1.82, 2.24) is 4.98 Å². The van der Waals surface area contributed by atoms with Gasteiger partial charge in [0.15, 0.2) is 0 Å². The molecule has 0 aliphatic rings. The fourth-order valence-corrected chi connectivity index (χ4v) is 1.58. The van der Waals surface area contributed by atoms with Crippen LogP contribution in [0.1, 0.15) is 11.1 Å². The molecule has 1 heterocycles. The van der Waals surface area contributed by atoms with Crippen LogP contribution in [0.3, 0.4) is 0 Å². The summed E-state index contributed by atoms with van der Waals surface area (Å²) in [5.74, 6) is 0. The highest BCUT2D eigenvalue weighted by atomic mass is 35.5. The predicted molar refractivity (Wildman–Crippen MR) is 58.5 cm³/mol. The summed E-state index contributed by atoms with van der Waals surface area (Å²) < 4.78 is 0. The van der Waals surface area contributed by atoms with Gasteiger partial charge in [0.25, 0.3) is 0 Å². The Morgan fingerprint density at radius 2 is 1.79 bits per heavy atom. The molecule has 14 heavy (non-hydrogen) atoms. The van der Waals surface area contributed by atoms with Gasteiger partial charge in [-0.1, -0.05) is 41.9 Å². The number of hydrogen-bond acceptors (Lipinski definition) is 1. The molecule has 1 nitrogen and oxygen atoms in total. The highest BCUT2D eigenvalue weighted by molar-refractivity contribution is 6.30. The first-order chi connectivity index (χ1) is 6.84. The van der Waals surface area contributed by atoms with E-state index in [0.717, 1.165) is 12.0 Å². The molecule has 70 valence electrons. The van der Waals surface area contributed by atoms with E-state index in [0.29, 0.717) is 5.02 Å². The van der Waals surface area contributed by atoms with E-state index >= 15 is 0 Å². The van der Waals surface area contributed by atoms with Crippen LogP contribution < -0.4 is 0 Å². The second kappa shape index (κ2) is 4.25. The zero-order valence-electron chi connectivity index (χ0n) is 7.65. The van der Waals surface area contributed by atoms with Crippen molar-refractivity contribution in [3.63, 3.8) is 0 Å². The largest absolute Gasteiger partial charge is 0.263 e. The number of benzene rings is 1. The van der Waals surface area contributed by atoms with E-state index in [1.165, 1.54) is 5.56 Å².